The third kappa shape index (κ3) is 5.34. The number of halogens is 1. The van der Waals surface area contributed by atoms with E-state index in [1.54, 1.807) is 12.4 Å². The van der Waals surface area contributed by atoms with Gasteiger partial charge in [0.05, 0.1) is 0 Å². The van der Waals surface area contributed by atoms with E-state index in [4.69, 9.17) is 0 Å². The van der Waals surface area contributed by atoms with Crippen LogP contribution in [0.5, 0.6) is 0 Å². The molecule has 0 amide bonds. The summed E-state index contributed by atoms with van der Waals surface area (Å²) in [5.41, 5.74) is 5.76. The molecule has 0 saturated carbocycles. The fourth-order valence-corrected chi connectivity index (χ4v) is 3.00. The molecule has 1 heterocycles. The van der Waals surface area contributed by atoms with Crippen molar-refractivity contribution in [3.05, 3.63) is 124 Å². The van der Waals surface area contributed by atoms with Crippen LogP contribution < -0.4 is 0 Å². The minimum absolute atomic E-state index is 1.11. The van der Waals surface area contributed by atoms with Crippen LogP contribution in [0.4, 0.5) is 0 Å². The zero-order valence-electron chi connectivity index (χ0n) is 14.7. The summed E-state index contributed by atoms with van der Waals surface area (Å²) in [4.78, 5) is 8.40. The normalized spacial score (nSPS) is 11.4. The van der Waals surface area contributed by atoms with Crippen molar-refractivity contribution >= 4 is 40.0 Å². The average molecular weight is 462 g/mol. The minimum atomic E-state index is 1.11. The zero-order valence-corrected chi connectivity index (χ0v) is 16.9. The highest BCUT2D eigenvalue weighted by Crippen LogP contribution is 2.32. The van der Waals surface area contributed by atoms with E-state index in [9.17, 15) is 0 Å². The summed E-state index contributed by atoms with van der Waals surface area (Å²) in [5.74, 6) is 0. The van der Waals surface area contributed by atoms with E-state index in [0.717, 1.165) is 11.1 Å². The van der Waals surface area contributed by atoms with Gasteiger partial charge in [-0.05, 0) is 50.1 Å². The molecule has 3 aromatic rings. The maximum atomic E-state index is 4.23. The molecule has 132 valence electrons. The van der Waals surface area contributed by atoms with Crippen LogP contribution in [-0.2, 0) is 0 Å². The van der Waals surface area contributed by atoms with E-state index in [2.05, 4.69) is 87.2 Å². The van der Waals surface area contributed by atoms with Crippen molar-refractivity contribution < 1.29 is 0 Å². The Kier molecular flexibility index (Phi) is 7.30. The summed E-state index contributed by atoms with van der Waals surface area (Å²) in [6, 6.07) is 25.0. The Balaban J connectivity index is 2.23. The van der Waals surface area contributed by atoms with E-state index in [-0.39, 0.29) is 0 Å². The molecular weight excluding hydrogens is 443 g/mol. The van der Waals surface area contributed by atoms with Crippen molar-refractivity contribution in [3.63, 3.8) is 0 Å². The molecule has 0 N–H and O–H groups in total. The number of benzene rings is 2. The highest BCUT2D eigenvalue weighted by Gasteiger charge is 2.11. The van der Waals surface area contributed by atoms with Gasteiger partial charge in [-0.2, -0.15) is 0 Å². The third-order valence-electron chi connectivity index (χ3n) is 3.96. The van der Waals surface area contributed by atoms with E-state index < -0.39 is 0 Å². The molecule has 0 fully saturated rings. The first-order valence-corrected chi connectivity index (χ1v) is 9.85. The Morgan fingerprint density at radius 3 is 1.93 bits per heavy atom. The molecule has 0 aliphatic rings. The number of pyridine rings is 1. The van der Waals surface area contributed by atoms with Crippen molar-refractivity contribution in [2.24, 2.45) is 4.99 Å². The lowest BCUT2D eigenvalue weighted by molar-refractivity contribution is 1.32. The molecule has 0 saturated heterocycles. The Morgan fingerprint density at radius 1 is 0.778 bits per heavy atom. The summed E-state index contributed by atoms with van der Waals surface area (Å²) < 4.78 is 1.88. The van der Waals surface area contributed by atoms with E-state index >= 15 is 0 Å². The first-order chi connectivity index (χ1) is 13.4. The second-order valence-electron chi connectivity index (χ2n) is 5.69. The Morgan fingerprint density at radius 2 is 1.37 bits per heavy atom. The first kappa shape index (κ1) is 19.0. The monoisotopic (exact) mass is 462 g/mol. The first-order valence-electron chi connectivity index (χ1n) is 8.61. The summed E-state index contributed by atoms with van der Waals surface area (Å²) in [5, 5.41) is 0. The number of hydrogen-bond acceptors (Lipinski definition) is 2. The topological polar surface area (TPSA) is 25.2 Å². The molecule has 3 heteroatoms. The van der Waals surface area contributed by atoms with Gasteiger partial charge < -0.3 is 0 Å². The van der Waals surface area contributed by atoms with Crippen molar-refractivity contribution in [2.75, 3.05) is 0 Å². The van der Waals surface area contributed by atoms with Gasteiger partial charge in [0.1, 0.15) is 0 Å². The van der Waals surface area contributed by atoms with E-state index in [0.29, 0.717) is 0 Å². The number of allylic oxidation sites excluding steroid dienone is 3. The van der Waals surface area contributed by atoms with Crippen molar-refractivity contribution in [2.45, 2.75) is 0 Å². The lowest BCUT2D eigenvalue weighted by Crippen LogP contribution is -1.94. The van der Waals surface area contributed by atoms with Crippen LogP contribution in [-0.4, -0.2) is 11.2 Å². The van der Waals surface area contributed by atoms with E-state index in [1.807, 2.05) is 46.8 Å². The summed E-state index contributed by atoms with van der Waals surface area (Å²) in [6.07, 6.45) is 11.3. The van der Waals surface area contributed by atoms with Crippen LogP contribution >= 0.6 is 22.6 Å². The van der Waals surface area contributed by atoms with Crippen molar-refractivity contribution in [1.82, 2.24) is 4.98 Å². The number of aliphatic imine (C=N–C) groups is 1. The Hall–Kier alpha value is -2.79. The maximum Gasteiger partial charge on any atom is 0.0328 e. The SMILES string of the molecule is I\C=C/N=C/C=C/C(=C(c1ccccc1)c1ccccc1)c1ccncc1. The average Bonchev–Trinajstić information content (AvgIpc) is 2.75. The molecule has 0 unspecified atom stereocenters. The molecule has 2 nitrogen and oxygen atoms in total. The molecular formula is C24H19IN2. The van der Waals surface area contributed by atoms with Crippen LogP contribution in [0.3, 0.4) is 0 Å². The maximum absolute atomic E-state index is 4.23. The number of rotatable bonds is 6. The largest absolute Gasteiger partial charge is 0.265 e. The van der Waals surface area contributed by atoms with Gasteiger partial charge in [-0.3, -0.25) is 9.98 Å². The highest BCUT2D eigenvalue weighted by molar-refractivity contribution is 14.1. The molecule has 0 radical (unpaired) electrons. The van der Waals surface area contributed by atoms with Crippen molar-refractivity contribution in [3.8, 4) is 0 Å². The summed E-state index contributed by atoms with van der Waals surface area (Å²) in [7, 11) is 0. The van der Waals surface area contributed by atoms with Gasteiger partial charge in [-0.1, -0.05) is 89.3 Å². The van der Waals surface area contributed by atoms with Crippen LogP contribution in [0.2, 0.25) is 0 Å². The van der Waals surface area contributed by atoms with Gasteiger partial charge in [0, 0.05) is 24.8 Å². The van der Waals surface area contributed by atoms with Crippen LogP contribution in [0.1, 0.15) is 16.7 Å². The van der Waals surface area contributed by atoms with Gasteiger partial charge in [-0.25, -0.2) is 0 Å². The molecule has 2 aromatic carbocycles. The molecule has 1 aromatic heterocycles. The van der Waals surface area contributed by atoms with Crippen molar-refractivity contribution in [1.29, 1.82) is 0 Å². The fourth-order valence-electron chi connectivity index (χ4n) is 2.81. The summed E-state index contributed by atoms with van der Waals surface area (Å²) >= 11 is 2.15. The molecule has 3 rings (SSSR count). The van der Waals surface area contributed by atoms with Gasteiger partial charge in [0.15, 0.2) is 0 Å². The molecule has 0 atom stereocenters. The highest BCUT2D eigenvalue weighted by atomic mass is 127. The van der Waals surface area contributed by atoms with Gasteiger partial charge >= 0.3 is 0 Å². The van der Waals surface area contributed by atoms with Crippen LogP contribution in [0.15, 0.2) is 113 Å². The summed E-state index contributed by atoms with van der Waals surface area (Å²) in [6.45, 7) is 0. The van der Waals surface area contributed by atoms with Gasteiger partial charge in [0.2, 0.25) is 0 Å². The molecule has 0 bridgehead atoms. The molecule has 0 spiro atoms. The van der Waals surface area contributed by atoms with Crippen LogP contribution in [0, 0.1) is 0 Å². The van der Waals surface area contributed by atoms with Gasteiger partial charge in [0.25, 0.3) is 0 Å². The Bertz CT molecular complexity index is 916. The quantitative estimate of drug-likeness (QED) is 0.231. The van der Waals surface area contributed by atoms with Gasteiger partial charge in [-0.15, -0.1) is 0 Å². The standard InChI is InChI=1S/C24H19IN2/c25-15-19-26-16-7-12-23(20-13-17-27-18-14-20)24(21-8-3-1-4-9-21)22-10-5-2-6-11-22/h1-19H/b12-7+,19-15-,26-16+. The smallest absolute Gasteiger partial charge is 0.0328 e. The Labute approximate surface area is 173 Å². The minimum Gasteiger partial charge on any atom is -0.265 e. The lowest BCUT2D eigenvalue weighted by Gasteiger charge is -2.14. The predicted molar refractivity (Wildman–Crippen MR) is 124 cm³/mol. The third-order valence-corrected chi connectivity index (χ3v) is 4.28. The number of hydrogen-bond donors (Lipinski definition) is 0. The number of nitrogens with zero attached hydrogens (tertiary/aromatic N) is 2. The predicted octanol–water partition coefficient (Wildman–Crippen LogP) is 6.57. The lowest BCUT2D eigenvalue weighted by atomic mass is 9.89. The zero-order chi connectivity index (χ0) is 18.7. The molecule has 0 aliphatic carbocycles. The van der Waals surface area contributed by atoms with E-state index in [1.165, 1.54) is 16.7 Å². The molecule has 0 aliphatic heterocycles. The number of aromatic nitrogens is 1. The van der Waals surface area contributed by atoms with Crippen LogP contribution in [0.25, 0.3) is 11.1 Å². The second-order valence-corrected chi connectivity index (χ2v) is 6.41. The second kappa shape index (κ2) is 10.4. The fraction of sp³-hybridized carbons (Fsp3) is 0. The molecule has 27 heavy (non-hydrogen) atoms.